The van der Waals surface area contributed by atoms with Crippen LogP contribution in [-0.2, 0) is 6.54 Å². The molecule has 0 aromatic heterocycles. The number of guanidine groups is 1. The Morgan fingerprint density at radius 3 is 2.80 bits per heavy atom. The minimum absolute atomic E-state index is 0.207. The van der Waals surface area contributed by atoms with Gasteiger partial charge in [0, 0.05) is 34.9 Å². The van der Waals surface area contributed by atoms with Gasteiger partial charge in [0.25, 0.3) is 0 Å². The van der Waals surface area contributed by atoms with Crippen LogP contribution in [0.3, 0.4) is 0 Å². The van der Waals surface area contributed by atoms with E-state index < -0.39 is 0 Å². The van der Waals surface area contributed by atoms with Crippen LogP contribution >= 0.6 is 15.9 Å². The number of hydrogen-bond acceptors (Lipinski definition) is 3. The van der Waals surface area contributed by atoms with E-state index in [2.05, 4.69) is 43.4 Å². The first-order chi connectivity index (χ1) is 14.5. The molecule has 7 heteroatoms. The van der Waals surface area contributed by atoms with Crippen LogP contribution < -0.4 is 10.6 Å². The third-order valence-corrected chi connectivity index (χ3v) is 5.89. The molecule has 0 spiro atoms. The van der Waals surface area contributed by atoms with Crippen LogP contribution in [0.4, 0.5) is 10.1 Å². The Balaban J connectivity index is 1.61. The van der Waals surface area contributed by atoms with Gasteiger partial charge < -0.3 is 20.6 Å². The molecule has 1 aliphatic heterocycles. The Morgan fingerprint density at radius 2 is 2.03 bits per heavy atom. The SMILES string of the molecule is CC1CCCCN1CCCNC(=NCc1cc(Br)ccc1F)Nc1ccc(O)cc1. The lowest BCUT2D eigenvalue weighted by Gasteiger charge is -2.33. The van der Waals surface area contributed by atoms with E-state index >= 15 is 0 Å². The van der Waals surface area contributed by atoms with Crippen molar-refractivity contribution in [1.82, 2.24) is 10.2 Å². The van der Waals surface area contributed by atoms with Gasteiger partial charge in [0.2, 0.25) is 0 Å². The van der Waals surface area contributed by atoms with Crippen LogP contribution in [0.5, 0.6) is 5.75 Å². The molecule has 1 fully saturated rings. The Labute approximate surface area is 186 Å². The second-order valence-electron chi connectivity index (χ2n) is 7.73. The average molecular weight is 477 g/mol. The van der Waals surface area contributed by atoms with E-state index in [1.807, 2.05) is 0 Å². The molecule has 2 aromatic carbocycles. The molecule has 162 valence electrons. The number of rotatable bonds is 7. The van der Waals surface area contributed by atoms with E-state index in [4.69, 9.17) is 0 Å². The first kappa shape index (κ1) is 22.6. The minimum atomic E-state index is -0.273. The van der Waals surface area contributed by atoms with Crippen molar-refractivity contribution < 1.29 is 9.50 Å². The molecular formula is C23H30BrFN4O. The van der Waals surface area contributed by atoms with Crippen molar-refractivity contribution in [3.8, 4) is 5.75 Å². The van der Waals surface area contributed by atoms with Gasteiger partial charge in [-0.1, -0.05) is 22.4 Å². The van der Waals surface area contributed by atoms with E-state index in [9.17, 15) is 9.50 Å². The number of aliphatic imine (C=N–C) groups is 1. The van der Waals surface area contributed by atoms with E-state index in [1.54, 1.807) is 36.4 Å². The smallest absolute Gasteiger partial charge is 0.196 e. The third-order valence-electron chi connectivity index (χ3n) is 5.40. The number of nitrogens with zero attached hydrogens (tertiary/aromatic N) is 2. The van der Waals surface area contributed by atoms with Crippen molar-refractivity contribution in [1.29, 1.82) is 0 Å². The lowest BCUT2D eigenvalue weighted by molar-refractivity contribution is 0.159. The molecule has 2 aromatic rings. The van der Waals surface area contributed by atoms with Gasteiger partial charge >= 0.3 is 0 Å². The summed E-state index contributed by atoms with van der Waals surface area (Å²) >= 11 is 3.38. The quantitative estimate of drug-likeness (QED) is 0.224. The Hall–Kier alpha value is -2.12. The van der Waals surface area contributed by atoms with Gasteiger partial charge in [-0.15, -0.1) is 0 Å². The van der Waals surface area contributed by atoms with Gasteiger partial charge in [0.05, 0.1) is 6.54 Å². The summed E-state index contributed by atoms with van der Waals surface area (Å²) in [4.78, 5) is 7.12. The highest BCUT2D eigenvalue weighted by molar-refractivity contribution is 9.10. The molecule has 1 atom stereocenters. The third kappa shape index (κ3) is 6.99. The number of benzene rings is 2. The maximum Gasteiger partial charge on any atom is 0.196 e. The van der Waals surface area contributed by atoms with Crippen molar-refractivity contribution in [3.05, 3.63) is 58.3 Å². The summed E-state index contributed by atoms with van der Waals surface area (Å²) in [5.74, 6) is 0.524. The fourth-order valence-corrected chi connectivity index (χ4v) is 4.04. The summed E-state index contributed by atoms with van der Waals surface area (Å²) in [5.41, 5.74) is 1.33. The molecule has 1 unspecified atom stereocenters. The molecule has 0 radical (unpaired) electrons. The summed E-state index contributed by atoms with van der Waals surface area (Å²) in [6.45, 7) is 5.53. The lowest BCUT2D eigenvalue weighted by atomic mass is 10.0. The highest BCUT2D eigenvalue weighted by Gasteiger charge is 2.17. The molecular weight excluding hydrogens is 447 g/mol. The van der Waals surface area contributed by atoms with Gasteiger partial charge in [-0.3, -0.25) is 0 Å². The first-order valence-corrected chi connectivity index (χ1v) is 11.3. The molecule has 0 amide bonds. The number of likely N-dealkylation sites (tertiary alicyclic amines) is 1. The van der Waals surface area contributed by atoms with E-state index in [0.717, 1.165) is 29.7 Å². The summed E-state index contributed by atoms with van der Waals surface area (Å²) in [5, 5.41) is 16.1. The van der Waals surface area contributed by atoms with E-state index in [-0.39, 0.29) is 18.1 Å². The molecule has 0 saturated carbocycles. The summed E-state index contributed by atoms with van der Waals surface area (Å²) in [6.07, 6.45) is 4.90. The highest BCUT2D eigenvalue weighted by Crippen LogP contribution is 2.18. The zero-order valence-corrected chi connectivity index (χ0v) is 19.0. The number of halogens is 2. The molecule has 1 saturated heterocycles. The van der Waals surface area contributed by atoms with Crippen molar-refractivity contribution >= 4 is 27.6 Å². The fraction of sp³-hybridized carbons (Fsp3) is 0.435. The number of piperidine rings is 1. The molecule has 0 aliphatic carbocycles. The van der Waals surface area contributed by atoms with Gasteiger partial charge in [0.1, 0.15) is 11.6 Å². The molecule has 3 rings (SSSR count). The van der Waals surface area contributed by atoms with Gasteiger partial charge in [-0.25, -0.2) is 9.38 Å². The maximum atomic E-state index is 14.1. The van der Waals surface area contributed by atoms with Crippen LogP contribution in [0.2, 0.25) is 0 Å². The number of aromatic hydroxyl groups is 1. The van der Waals surface area contributed by atoms with Gasteiger partial charge in [-0.05, 0) is 75.2 Å². The van der Waals surface area contributed by atoms with Crippen LogP contribution in [0.25, 0.3) is 0 Å². The predicted molar refractivity (Wildman–Crippen MR) is 124 cm³/mol. The topological polar surface area (TPSA) is 59.9 Å². The number of phenols is 1. The summed E-state index contributed by atoms with van der Waals surface area (Å²) in [6, 6.07) is 12.3. The first-order valence-electron chi connectivity index (χ1n) is 10.5. The van der Waals surface area contributed by atoms with Crippen molar-refractivity contribution in [2.24, 2.45) is 4.99 Å². The van der Waals surface area contributed by atoms with Gasteiger partial charge in [-0.2, -0.15) is 0 Å². The molecule has 5 nitrogen and oxygen atoms in total. The Morgan fingerprint density at radius 1 is 1.23 bits per heavy atom. The number of nitrogens with one attached hydrogen (secondary N) is 2. The molecule has 1 heterocycles. The van der Waals surface area contributed by atoms with Crippen LogP contribution in [-0.4, -0.2) is 41.6 Å². The zero-order valence-electron chi connectivity index (χ0n) is 17.4. The van der Waals surface area contributed by atoms with Crippen molar-refractivity contribution in [2.75, 3.05) is 25.0 Å². The molecule has 3 N–H and O–H groups in total. The normalized spacial score (nSPS) is 17.7. The van der Waals surface area contributed by atoms with E-state index in [0.29, 0.717) is 17.6 Å². The average Bonchev–Trinajstić information content (AvgIpc) is 2.74. The number of phenolic OH excluding ortho intramolecular Hbond substituents is 1. The molecule has 1 aliphatic rings. The maximum absolute atomic E-state index is 14.1. The van der Waals surface area contributed by atoms with Crippen molar-refractivity contribution in [2.45, 2.75) is 45.2 Å². The number of anilines is 1. The highest BCUT2D eigenvalue weighted by atomic mass is 79.9. The zero-order chi connectivity index (χ0) is 21.3. The van der Waals surface area contributed by atoms with Crippen LogP contribution in [0.1, 0.15) is 38.2 Å². The van der Waals surface area contributed by atoms with Crippen LogP contribution in [0, 0.1) is 5.82 Å². The molecule has 30 heavy (non-hydrogen) atoms. The summed E-state index contributed by atoms with van der Waals surface area (Å²) in [7, 11) is 0. The van der Waals surface area contributed by atoms with Gasteiger partial charge in [0.15, 0.2) is 5.96 Å². The second-order valence-corrected chi connectivity index (χ2v) is 8.65. The predicted octanol–water partition coefficient (Wildman–Crippen LogP) is 5.12. The number of hydrogen-bond donors (Lipinski definition) is 3. The molecule has 0 bridgehead atoms. The van der Waals surface area contributed by atoms with E-state index in [1.165, 1.54) is 31.9 Å². The fourth-order valence-electron chi connectivity index (χ4n) is 3.63. The second kappa shape index (κ2) is 11.3. The largest absolute Gasteiger partial charge is 0.508 e. The van der Waals surface area contributed by atoms with Crippen LogP contribution in [0.15, 0.2) is 51.9 Å². The van der Waals surface area contributed by atoms with Crippen molar-refractivity contribution in [3.63, 3.8) is 0 Å². The lowest BCUT2D eigenvalue weighted by Crippen LogP contribution is -2.39. The monoisotopic (exact) mass is 476 g/mol. The Bertz CT molecular complexity index is 844. The Kier molecular flexibility index (Phi) is 8.51. The minimum Gasteiger partial charge on any atom is -0.508 e. The summed E-state index contributed by atoms with van der Waals surface area (Å²) < 4.78 is 14.9. The standard InChI is InChI=1S/C23H30BrFN4O/c1-17-5-2-3-13-29(17)14-4-12-26-23(28-20-7-9-21(30)10-8-20)27-16-18-15-19(24)6-11-22(18)25/h6-11,15,17,30H,2-5,12-14,16H2,1H3,(H2,26,27,28).